The van der Waals surface area contributed by atoms with E-state index in [1.165, 1.54) is 13.2 Å². The second-order valence-electron chi connectivity index (χ2n) is 8.61. The quantitative estimate of drug-likeness (QED) is 0.276. The minimum absolute atomic E-state index is 0.187. The maximum atomic E-state index is 13.4. The van der Waals surface area contributed by atoms with Gasteiger partial charge < -0.3 is 20.7 Å². The lowest BCUT2D eigenvalue weighted by molar-refractivity contribution is -0.118. The van der Waals surface area contributed by atoms with Crippen molar-refractivity contribution in [3.05, 3.63) is 131 Å². The lowest BCUT2D eigenvalue weighted by Gasteiger charge is -2.20. The van der Waals surface area contributed by atoms with E-state index in [0.717, 1.165) is 5.56 Å². The zero-order chi connectivity index (χ0) is 27.6. The zero-order valence-electron chi connectivity index (χ0n) is 21.2. The van der Waals surface area contributed by atoms with Gasteiger partial charge in [-0.15, -0.1) is 0 Å². The molecule has 4 rings (SSSR count). The van der Waals surface area contributed by atoms with Gasteiger partial charge in [0.25, 0.3) is 11.8 Å². The summed E-state index contributed by atoms with van der Waals surface area (Å²) in [6, 6.07) is 29.9. The third kappa shape index (κ3) is 6.95. The molecule has 4 aromatic rings. The molecule has 0 aromatic heterocycles. The molecule has 1 atom stereocenters. The predicted octanol–water partition coefficient (Wildman–Crippen LogP) is 4.71. The summed E-state index contributed by atoms with van der Waals surface area (Å²) < 4.78 is 4.82. The van der Waals surface area contributed by atoms with Gasteiger partial charge in [0.1, 0.15) is 6.04 Å². The fourth-order valence-electron chi connectivity index (χ4n) is 3.97. The van der Waals surface area contributed by atoms with E-state index in [4.69, 9.17) is 4.74 Å². The third-order valence-corrected chi connectivity index (χ3v) is 5.95. The second-order valence-corrected chi connectivity index (χ2v) is 8.61. The molecular formula is C31H27N3O5. The average Bonchev–Trinajstić information content (AvgIpc) is 2.98. The van der Waals surface area contributed by atoms with Crippen molar-refractivity contribution >= 4 is 35.1 Å². The monoisotopic (exact) mass is 521 g/mol. The molecule has 3 amide bonds. The topological polar surface area (TPSA) is 114 Å². The molecule has 0 spiro atoms. The van der Waals surface area contributed by atoms with E-state index in [0.29, 0.717) is 11.3 Å². The van der Waals surface area contributed by atoms with Crippen LogP contribution in [-0.2, 0) is 16.0 Å². The van der Waals surface area contributed by atoms with Crippen molar-refractivity contribution in [2.45, 2.75) is 12.5 Å². The van der Waals surface area contributed by atoms with E-state index in [-0.39, 0.29) is 29.1 Å². The highest BCUT2D eigenvalue weighted by Crippen LogP contribution is 2.19. The molecule has 0 fully saturated rings. The summed E-state index contributed by atoms with van der Waals surface area (Å²) in [7, 11) is 1.26. The maximum absolute atomic E-state index is 13.4. The number of benzene rings is 4. The molecule has 8 heteroatoms. The number of ether oxygens (including phenoxy) is 1. The van der Waals surface area contributed by atoms with Gasteiger partial charge in [0.2, 0.25) is 5.91 Å². The number of methoxy groups -OCH3 is 1. The van der Waals surface area contributed by atoms with Gasteiger partial charge in [-0.2, -0.15) is 0 Å². The number of rotatable bonds is 9. The number of amides is 3. The first kappa shape index (κ1) is 26.8. The summed E-state index contributed by atoms with van der Waals surface area (Å²) in [5.74, 6) is -2.03. The van der Waals surface area contributed by atoms with Crippen molar-refractivity contribution in [2.75, 3.05) is 17.7 Å². The average molecular weight is 522 g/mol. The van der Waals surface area contributed by atoms with Crippen LogP contribution in [0, 0.1) is 0 Å². The summed E-state index contributed by atoms with van der Waals surface area (Å²) in [4.78, 5) is 51.8. The molecule has 3 N–H and O–H groups in total. The Labute approximate surface area is 226 Å². The molecule has 0 aliphatic heterocycles. The molecular weight excluding hydrogens is 494 g/mol. The number of nitrogens with one attached hydrogen (secondary N) is 3. The van der Waals surface area contributed by atoms with Crippen LogP contribution in [0.5, 0.6) is 0 Å². The van der Waals surface area contributed by atoms with Crippen LogP contribution < -0.4 is 16.0 Å². The van der Waals surface area contributed by atoms with Crippen LogP contribution in [0.25, 0.3) is 0 Å². The van der Waals surface area contributed by atoms with Crippen molar-refractivity contribution < 1.29 is 23.9 Å². The van der Waals surface area contributed by atoms with Gasteiger partial charge in [0, 0.05) is 12.0 Å². The standard InChI is InChI=1S/C31H27N3O5/c1-39-31(38)24-17-9-11-19-26(24)33-30(37)27(20-21-12-4-2-5-13-21)34-29(36)23-16-8-10-18-25(23)32-28(35)22-14-6-3-7-15-22/h2-19,27H,20H2,1H3,(H,32,35)(H,33,37)(H,34,36)/t27-/m1/s1. The third-order valence-electron chi connectivity index (χ3n) is 5.95. The summed E-state index contributed by atoms with van der Waals surface area (Å²) in [6.07, 6.45) is 0.192. The molecule has 196 valence electrons. The Morgan fingerprint density at radius 3 is 1.82 bits per heavy atom. The van der Waals surface area contributed by atoms with E-state index in [1.807, 2.05) is 30.3 Å². The Bertz CT molecular complexity index is 1470. The molecule has 0 aliphatic rings. The summed E-state index contributed by atoms with van der Waals surface area (Å²) >= 11 is 0. The van der Waals surface area contributed by atoms with Gasteiger partial charge in [0.05, 0.1) is 29.6 Å². The molecule has 0 saturated carbocycles. The van der Waals surface area contributed by atoms with Gasteiger partial charge in [-0.3, -0.25) is 14.4 Å². The summed E-state index contributed by atoms with van der Waals surface area (Å²) in [6.45, 7) is 0. The van der Waals surface area contributed by atoms with Gasteiger partial charge >= 0.3 is 5.97 Å². The van der Waals surface area contributed by atoms with E-state index >= 15 is 0 Å². The summed E-state index contributed by atoms with van der Waals surface area (Å²) in [5, 5.41) is 8.32. The van der Waals surface area contributed by atoms with Crippen molar-refractivity contribution in [1.29, 1.82) is 0 Å². The van der Waals surface area contributed by atoms with Crippen molar-refractivity contribution in [1.82, 2.24) is 5.32 Å². The molecule has 0 saturated heterocycles. The SMILES string of the molecule is COC(=O)c1ccccc1NC(=O)[C@@H](Cc1ccccc1)NC(=O)c1ccccc1NC(=O)c1ccccc1. The van der Waals surface area contributed by atoms with Gasteiger partial charge in [-0.05, 0) is 42.0 Å². The Morgan fingerprint density at radius 2 is 1.18 bits per heavy atom. The number of anilines is 2. The molecule has 8 nitrogen and oxygen atoms in total. The molecule has 0 radical (unpaired) electrons. The number of hydrogen-bond donors (Lipinski definition) is 3. The first-order valence-corrected chi connectivity index (χ1v) is 12.2. The lowest BCUT2D eigenvalue weighted by Crippen LogP contribution is -2.45. The number of esters is 1. The van der Waals surface area contributed by atoms with Crippen LogP contribution in [0.4, 0.5) is 11.4 Å². The molecule has 0 unspecified atom stereocenters. The Hall–Kier alpha value is -5.24. The largest absolute Gasteiger partial charge is 0.465 e. The molecule has 4 aromatic carbocycles. The Balaban J connectivity index is 1.58. The number of para-hydroxylation sites is 2. The molecule has 0 heterocycles. The van der Waals surface area contributed by atoms with Gasteiger partial charge in [-0.25, -0.2) is 4.79 Å². The molecule has 0 bridgehead atoms. The van der Waals surface area contributed by atoms with E-state index in [9.17, 15) is 19.2 Å². The number of hydrogen-bond acceptors (Lipinski definition) is 5. The highest BCUT2D eigenvalue weighted by molar-refractivity contribution is 6.10. The number of carbonyl (C=O) groups excluding carboxylic acids is 4. The van der Waals surface area contributed by atoms with Crippen molar-refractivity contribution in [2.24, 2.45) is 0 Å². The minimum Gasteiger partial charge on any atom is -0.465 e. The highest BCUT2D eigenvalue weighted by Gasteiger charge is 2.25. The first-order chi connectivity index (χ1) is 19.0. The number of carbonyl (C=O) groups is 4. The molecule has 39 heavy (non-hydrogen) atoms. The van der Waals surface area contributed by atoms with Crippen LogP contribution in [-0.4, -0.2) is 36.8 Å². The second kappa shape index (κ2) is 12.8. The van der Waals surface area contributed by atoms with Crippen LogP contribution in [0.15, 0.2) is 109 Å². The molecule has 0 aliphatic carbocycles. The fourth-order valence-corrected chi connectivity index (χ4v) is 3.97. The minimum atomic E-state index is -0.997. The maximum Gasteiger partial charge on any atom is 0.339 e. The van der Waals surface area contributed by atoms with Crippen LogP contribution in [0.3, 0.4) is 0 Å². The van der Waals surface area contributed by atoms with Crippen molar-refractivity contribution in [3.63, 3.8) is 0 Å². The van der Waals surface area contributed by atoms with Crippen LogP contribution in [0.1, 0.15) is 36.6 Å². The van der Waals surface area contributed by atoms with E-state index in [2.05, 4.69) is 16.0 Å². The van der Waals surface area contributed by atoms with Crippen molar-refractivity contribution in [3.8, 4) is 0 Å². The fraction of sp³-hybridized carbons (Fsp3) is 0.0968. The normalized spacial score (nSPS) is 11.1. The Kier molecular flexibility index (Phi) is 8.82. The highest BCUT2D eigenvalue weighted by atomic mass is 16.5. The van der Waals surface area contributed by atoms with Gasteiger partial charge in [-0.1, -0.05) is 72.8 Å². The Morgan fingerprint density at radius 1 is 0.641 bits per heavy atom. The van der Waals surface area contributed by atoms with Crippen LogP contribution >= 0.6 is 0 Å². The predicted molar refractivity (Wildman–Crippen MR) is 149 cm³/mol. The van der Waals surface area contributed by atoms with E-state index in [1.54, 1.807) is 72.8 Å². The van der Waals surface area contributed by atoms with Gasteiger partial charge in [0.15, 0.2) is 0 Å². The zero-order valence-corrected chi connectivity index (χ0v) is 21.2. The first-order valence-electron chi connectivity index (χ1n) is 12.2. The van der Waals surface area contributed by atoms with Crippen LogP contribution in [0.2, 0.25) is 0 Å². The van der Waals surface area contributed by atoms with E-state index < -0.39 is 23.8 Å². The summed E-state index contributed by atoms with van der Waals surface area (Å²) in [5.41, 5.74) is 2.22. The lowest BCUT2D eigenvalue weighted by atomic mass is 10.0. The smallest absolute Gasteiger partial charge is 0.339 e.